The van der Waals surface area contributed by atoms with Crippen molar-refractivity contribution < 1.29 is 22.8 Å². The summed E-state index contributed by atoms with van der Waals surface area (Å²) in [5.41, 5.74) is 2.49. The van der Waals surface area contributed by atoms with Crippen LogP contribution in [0.1, 0.15) is 17.0 Å². The summed E-state index contributed by atoms with van der Waals surface area (Å²) in [5.74, 6) is 0.666. The fourth-order valence-corrected chi connectivity index (χ4v) is 4.01. The summed E-state index contributed by atoms with van der Waals surface area (Å²) in [7, 11) is -3.32. The number of hydrogen-bond donors (Lipinski definition) is 0. The Kier molecular flexibility index (Phi) is 4.52. The third kappa shape index (κ3) is 3.56. The Morgan fingerprint density at radius 3 is 2.82 bits per heavy atom. The fraction of sp³-hybridized carbons (Fsp3) is 0.278. The number of para-hydroxylation sites is 2. The highest BCUT2D eigenvalue weighted by Crippen LogP contribution is 2.34. The van der Waals surface area contributed by atoms with Crippen LogP contribution >= 0.6 is 0 Å². The van der Waals surface area contributed by atoms with E-state index >= 15 is 0 Å². The van der Waals surface area contributed by atoms with E-state index in [1.807, 2.05) is 18.2 Å². The summed E-state index contributed by atoms with van der Waals surface area (Å²) in [6.45, 7) is 0.457. The van der Waals surface area contributed by atoms with Crippen LogP contribution < -0.4 is 4.74 Å². The van der Waals surface area contributed by atoms with E-state index in [1.54, 1.807) is 10.6 Å². The van der Waals surface area contributed by atoms with Crippen LogP contribution in [0, 0.1) is 10.1 Å². The Morgan fingerprint density at radius 1 is 1.29 bits per heavy atom. The van der Waals surface area contributed by atoms with E-state index in [1.165, 1.54) is 12.1 Å². The van der Waals surface area contributed by atoms with Crippen LogP contribution in [-0.4, -0.2) is 35.9 Å². The molecule has 0 atom stereocenters. The van der Waals surface area contributed by atoms with Crippen LogP contribution in [0.4, 0.5) is 5.69 Å². The molecule has 0 saturated heterocycles. The van der Waals surface area contributed by atoms with Gasteiger partial charge in [-0.05, 0) is 12.1 Å². The molecule has 0 bridgehead atoms. The number of aromatic nitrogens is 2. The van der Waals surface area contributed by atoms with Crippen molar-refractivity contribution >= 4 is 26.6 Å². The van der Waals surface area contributed by atoms with E-state index in [9.17, 15) is 18.5 Å². The monoisotopic (exact) mass is 403 g/mol. The molecule has 9 nitrogen and oxygen atoms in total. The number of nitro benzene ring substituents is 1. The van der Waals surface area contributed by atoms with Crippen LogP contribution in [-0.2, 0) is 33.5 Å². The molecule has 2 aromatic carbocycles. The lowest BCUT2D eigenvalue weighted by Gasteiger charge is -2.21. The summed E-state index contributed by atoms with van der Waals surface area (Å²) >= 11 is 0. The minimum atomic E-state index is -3.32. The number of benzene rings is 2. The molecule has 0 spiro atoms. The smallest absolute Gasteiger partial charge is 0.270 e. The highest BCUT2D eigenvalue weighted by Gasteiger charge is 2.23. The molecule has 0 unspecified atom stereocenters. The third-order valence-corrected chi connectivity index (χ3v) is 5.22. The Hall–Kier alpha value is -2.98. The maximum Gasteiger partial charge on any atom is 0.270 e. The van der Waals surface area contributed by atoms with Crippen molar-refractivity contribution in [1.29, 1.82) is 0 Å². The average Bonchev–Trinajstić information content (AvgIpc) is 2.97. The second-order valence-electron chi connectivity index (χ2n) is 6.63. The molecule has 0 radical (unpaired) electrons. The highest BCUT2D eigenvalue weighted by atomic mass is 32.2. The van der Waals surface area contributed by atoms with Gasteiger partial charge < -0.3 is 14.0 Å². The van der Waals surface area contributed by atoms with Crippen molar-refractivity contribution in [2.24, 2.45) is 0 Å². The van der Waals surface area contributed by atoms with E-state index in [0.29, 0.717) is 28.2 Å². The molecular weight excluding hydrogens is 386 g/mol. The summed E-state index contributed by atoms with van der Waals surface area (Å²) in [6.07, 6.45) is 1.15. The predicted molar refractivity (Wildman–Crippen MR) is 101 cm³/mol. The number of nitro groups is 1. The van der Waals surface area contributed by atoms with Crippen LogP contribution in [0.5, 0.6) is 5.75 Å². The van der Waals surface area contributed by atoms with Gasteiger partial charge in [0.15, 0.2) is 16.6 Å². The number of fused-ring (bicyclic) bond motifs is 2. The zero-order valence-electron chi connectivity index (χ0n) is 15.0. The molecule has 1 aliphatic heterocycles. The van der Waals surface area contributed by atoms with Crippen LogP contribution in [0.15, 0.2) is 36.4 Å². The first-order valence-electron chi connectivity index (χ1n) is 8.44. The molecule has 1 aromatic heterocycles. The van der Waals surface area contributed by atoms with E-state index in [-0.39, 0.29) is 31.4 Å². The minimum Gasteiger partial charge on any atom is -0.467 e. The number of rotatable bonds is 5. The molecule has 146 valence electrons. The molecule has 0 saturated carbocycles. The zero-order valence-corrected chi connectivity index (χ0v) is 15.8. The third-order valence-electron chi connectivity index (χ3n) is 4.44. The lowest BCUT2D eigenvalue weighted by atomic mass is 10.1. The number of sulfone groups is 1. The van der Waals surface area contributed by atoms with Crippen molar-refractivity contribution in [2.45, 2.75) is 18.9 Å². The van der Waals surface area contributed by atoms with Gasteiger partial charge in [0.2, 0.25) is 0 Å². The summed E-state index contributed by atoms with van der Waals surface area (Å²) in [4.78, 5) is 15.3. The SMILES string of the molecule is CS(=O)(=O)Cc1nc2ccccc2n1Cc1cc([N+](=O)[O-])cc2c1OCOC2. The number of imidazole rings is 1. The first-order valence-corrected chi connectivity index (χ1v) is 10.5. The Balaban J connectivity index is 1.87. The van der Waals surface area contributed by atoms with Crippen molar-refractivity contribution in [3.63, 3.8) is 0 Å². The Bertz CT molecular complexity index is 1190. The normalized spacial score (nSPS) is 13.9. The van der Waals surface area contributed by atoms with E-state index < -0.39 is 14.8 Å². The highest BCUT2D eigenvalue weighted by molar-refractivity contribution is 7.89. The van der Waals surface area contributed by atoms with Crippen molar-refractivity contribution in [3.05, 3.63) is 63.5 Å². The molecule has 10 heteroatoms. The molecule has 0 amide bonds. The van der Waals surface area contributed by atoms with Gasteiger partial charge in [-0.15, -0.1) is 0 Å². The minimum absolute atomic E-state index is 0.0542. The molecule has 0 N–H and O–H groups in total. The van der Waals surface area contributed by atoms with Crippen LogP contribution in [0.25, 0.3) is 11.0 Å². The van der Waals surface area contributed by atoms with Gasteiger partial charge in [0, 0.05) is 29.5 Å². The molecule has 3 aromatic rings. The maximum absolute atomic E-state index is 11.9. The second kappa shape index (κ2) is 6.88. The van der Waals surface area contributed by atoms with Gasteiger partial charge in [-0.25, -0.2) is 13.4 Å². The number of ether oxygens (including phenoxy) is 2. The predicted octanol–water partition coefficient (Wildman–Crippen LogP) is 2.40. The summed E-state index contributed by atoms with van der Waals surface area (Å²) < 4.78 is 36.3. The van der Waals surface area contributed by atoms with Gasteiger partial charge in [-0.1, -0.05) is 12.1 Å². The topological polar surface area (TPSA) is 114 Å². The van der Waals surface area contributed by atoms with Crippen molar-refractivity contribution in [3.8, 4) is 5.75 Å². The molecular formula is C18H17N3O6S. The summed E-state index contributed by atoms with van der Waals surface area (Å²) in [5, 5.41) is 11.3. The first kappa shape index (κ1) is 18.4. The number of non-ortho nitro benzene ring substituents is 1. The lowest BCUT2D eigenvalue weighted by Crippen LogP contribution is -2.16. The van der Waals surface area contributed by atoms with Gasteiger partial charge in [0.05, 0.1) is 29.1 Å². The first-order chi connectivity index (χ1) is 13.3. The standard InChI is InChI=1S/C18H17N3O6S/c1-28(24,25)10-17-19-15-4-2-3-5-16(15)20(17)8-12-6-14(21(22)23)7-13-9-26-11-27-18(12)13/h2-7H,8-11H2,1H3. The average molecular weight is 403 g/mol. The quantitative estimate of drug-likeness (QED) is 0.475. The van der Waals surface area contributed by atoms with Gasteiger partial charge >= 0.3 is 0 Å². The van der Waals surface area contributed by atoms with Crippen molar-refractivity contribution in [1.82, 2.24) is 9.55 Å². The fourth-order valence-electron chi connectivity index (χ4n) is 3.32. The van der Waals surface area contributed by atoms with E-state index in [2.05, 4.69) is 4.98 Å². The number of hydrogen-bond acceptors (Lipinski definition) is 7. The molecule has 0 aliphatic carbocycles. The molecule has 28 heavy (non-hydrogen) atoms. The van der Waals surface area contributed by atoms with E-state index in [0.717, 1.165) is 11.8 Å². The molecule has 1 aliphatic rings. The van der Waals surface area contributed by atoms with E-state index in [4.69, 9.17) is 9.47 Å². The largest absolute Gasteiger partial charge is 0.467 e. The lowest BCUT2D eigenvalue weighted by molar-refractivity contribution is -0.385. The molecule has 4 rings (SSSR count). The van der Waals surface area contributed by atoms with Crippen LogP contribution in [0.3, 0.4) is 0 Å². The molecule has 0 fully saturated rings. The van der Waals surface area contributed by atoms with Gasteiger partial charge in [-0.3, -0.25) is 10.1 Å². The van der Waals surface area contributed by atoms with Gasteiger partial charge in [-0.2, -0.15) is 0 Å². The zero-order chi connectivity index (χ0) is 19.9. The summed E-state index contributed by atoms with van der Waals surface area (Å²) in [6, 6.07) is 10.2. The van der Waals surface area contributed by atoms with Gasteiger partial charge in [0.1, 0.15) is 17.3 Å². The Labute approximate surface area is 160 Å². The van der Waals surface area contributed by atoms with Gasteiger partial charge in [0.25, 0.3) is 5.69 Å². The maximum atomic E-state index is 11.9. The number of nitrogens with zero attached hydrogens (tertiary/aromatic N) is 3. The molecule has 2 heterocycles. The Morgan fingerprint density at radius 2 is 2.07 bits per heavy atom. The second-order valence-corrected chi connectivity index (χ2v) is 8.77. The van der Waals surface area contributed by atoms with Crippen LogP contribution in [0.2, 0.25) is 0 Å². The van der Waals surface area contributed by atoms with Crippen molar-refractivity contribution in [2.75, 3.05) is 13.0 Å².